The largest absolute Gasteiger partial charge is 0.369 e. The van der Waals surface area contributed by atoms with Crippen LogP contribution in [0.2, 0.25) is 0 Å². The zero-order valence-electron chi connectivity index (χ0n) is 14.0. The molecular formula is C16H23N5O2S. The molecule has 1 saturated heterocycles. The van der Waals surface area contributed by atoms with E-state index in [1.807, 2.05) is 30.0 Å². The summed E-state index contributed by atoms with van der Waals surface area (Å²) >= 11 is 0. The summed E-state index contributed by atoms with van der Waals surface area (Å²) in [5.41, 5.74) is 1.87. The highest BCUT2D eigenvalue weighted by molar-refractivity contribution is 7.91. The number of aryl methyl sites for hydroxylation is 1. The highest BCUT2D eigenvalue weighted by Gasteiger charge is 2.29. The van der Waals surface area contributed by atoms with E-state index < -0.39 is 15.2 Å². The van der Waals surface area contributed by atoms with Gasteiger partial charge in [0.05, 0.1) is 5.52 Å². The lowest BCUT2D eigenvalue weighted by Crippen LogP contribution is -2.55. The lowest BCUT2D eigenvalue weighted by Gasteiger charge is -2.34. The van der Waals surface area contributed by atoms with Crippen molar-refractivity contribution >= 4 is 26.6 Å². The van der Waals surface area contributed by atoms with Gasteiger partial charge in [-0.25, -0.2) is 13.4 Å². The van der Waals surface area contributed by atoms with Gasteiger partial charge < -0.3 is 10.6 Å². The van der Waals surface area contributed by atoms with Crippen molar-refractivity contribution in [1.82, 2.24) is 20.2 Å². The average Bonchev–Trinajstić information content (AvgIpc) is 2.54. The number of piperazine rings is 1. The van der Waals surface area contributed by atoms with Crippen molar-refractivity contribution in [2.24, 2.45) is 0 Å². The van der Waals surface area contributed by atoms with Crippen LogP contribution in [0.3, 0.4) is 0 Å². The van der Waals surface area contributed by atoms with E-state index in [4.69, 9.17) is 0 Å². The van der Waals surface area contributed by atoms with Crippen LogP contribution in [-0.4, -0.2) is 67.6 Å². The monoisotopic (exact) mass is 349 g/mol. The molecule has 1 fully saturated rings. The Kier molecular flexibility index (Phi) is 4.98. The Morgan fingerprint density at radius 3 is 3.00 bits per heavy atom. The summed E-state index contributed by atoms with van der Waals surface area (Å²) in [5.74, 6) is 0.791. The predicted octanol–water partition coefficient (Wildman–Crippen LogP) is 0.626. The maximum Gasteiger partial charge on any atom is 0.164 e. The Hall–Kier alpha value is -1.77. The maximum atomic E-state index is 11.9. The van der Waals surface area contributed by atoms with Gasteiger partial charge in [-0.05, 0) is 25.1 Å². The van der Waals surface area contributed by atoms with E-state index in [0.717, 1.165) is 35.5 Å². The Labute approximate surface area is 142 Å². The minimum Gasteiger partial charge on any atom is -0.369 e. The van der Waals surface area contributed by atoms with Crippen LogP contribution in [0.25, 0.3) is 10.9 Å². The van der Waals surface area contributed by atoms with Crippen LogP contribution in [0.15, 0.2) is 24.4 Å². The van der Waals surface area contributed by atoms with E-state index in [1.165, 1.54) is 6.26 Å². The van der Waals surface area contributed by atoms with E-state index in [0.29, 0.717) is 19.6 Å². The van der Waals surface area contributed by atoms with Crippen molar-refractivity contribution in [2.45, 2.75) is 12.3 Å². The molecule has 0 aromatic carbocycles. The van der Waals surface area contributed by atoms with Gasteiger partial charge in [0.2, 0.25) is 0 Å². The number of rotatable bonds is 5. The number of hydrogen-bond donors (Lipinski definition) is 2. The lowest BCUT2D eigenvalue weighted by atomic mass is 10.2. The third kappa shape index (κ3) is 3.82. The Morgan fingerprint density at radius 1 is 1.38 bits per heavy atom. The van der Waals surface area contributed by atoms with Crippen molar-refractivity contribution in [3.63, 3.8) is 0 Å². The zero-order valence-corrected chi connectivity index (χ0v) is 14.8. The summed E-state index contributed by atoms with van der Waals surface area (Å²) in [6.45, 7) is 5.30. The van der Waals surface area contributed by atoms with E-state index in [9.17, 15) is 8.42 Å². The number of hydrogen-bond acceptors (Lipinski definition) is 7. The number of nitrogens with zero attached hydrogens (tertiary/aromatic N) is 3. The Morgan fingerprint density at radius 2 is 2.21 bits per heavy atom. The Bertz CT molecular complexity index is 824. The van der Waals surface area contributed by atoms with Crippen LogP contribution in [0.4, 0.5) is 5.82 Å². The molecule has 8 heteroatoms. The molecule has 3 heterocycles. The first-order valence-corrected chi connectivity index (χ1v) is 10.0. The van der Waals surface area contributed by atoms with Crippen LogP contribution < -0.4 is 10.6 Å². The molecule has 1 aliphatic heterocycles. The van der Waals surface area contributed by atoms with Crippen molar-refractivity contribution in [3.05, 3.63) is 30.1 Å². The predicted molar refractivity (Wildman–Crippen MR) is 95.8 cm³/mol. The molecule has 0 amide bonds. The number of sulfone groups is 1. The average molecular weight is 349 g/mol. The zero-order chi connectivity index (χ0) is 17.2. The first kappa shape index (κ1) is 17.1. The molecule has 130 valence electrons. The minimum absolute atomic E-state index is 0.452. The standard InChI is InChI=1S/C16H23N5O2S/c1-12-13-3-4-15(20-14(13)5-6-18-12)19-8-10-21-9-7-17-11-16(21)24(2,22)23/h3-6,16-17H,7-11H2,1-2H3,(H,19,20). The second-order valence-corrected chi connectivity index (χ2v) is 8.31. The summed E-state index contributed by atoms with van der Waals surface area (Å²) in [7, 11) is -3.09. The van der Waals surface area contributed by atoms with E-state index in [1.54, 1.807) is 6.20 Å². The third-order valence-corrected chi connectivity index (χ3v) is 5.77. The van der Waals surface area contributed by atoms with E-state index >= 15 is 0 Å². The van der Waals surface area contributed by atoms with Gasteiger partial charge >= 0.3 is 0 Å². The number of nitrogens with one attached hydrogen (secondary N) is 2. The molecule has 24 heavy (non-hydrogen) atoms. The summed E-state index contributed by atoms with van der Waals surface area (Å²) in [4.78, 5) is 10.9. The van der Waals surface area contributed by atoms with E-state index in [2.05, 4.69) is 20.6 Å². The van der Waals surface area contributed by atoms with Gasteiger partial charge in [0.25, 0.3) is 0 Å². The molecule has 2 N–H and O–H groups in total. The number of fused-ring (bicyclic) bond motifs is 1. The maximum absolute atomic E-state index is 11.9. The fourth-order valence-electron chi connectivity index (χ4n) is 3.02. The molecule has 2 aromatic rings. The fourth-order valence-corrected chi connectivity index (χ4v) is 4.20. The van der Waals surface area contributed by atoms with Gasteiger partial charge in [0.15, 0.2) is 9.84 Å². The molecule has 3 rings (SSSR count). The first-order valence-electron chi connectivity index (χ1n) is 8.05. The van der Waals surface area contributed by atoms with Crippen LogP contribution in [0.5, 0.6) is 0 Å². The molecule has 1 unspecified atom stereocenters. The van der Waals surface area contributed by atoms with Gasteiger partial charge in [-0.1, -0.05) is 0 Å². The fraction of sp³-hybridized carbons (Fsp3) is 0.500. The Balaban J connectivity index is 1.63. The van der Waals surface area contributed by atoms with Crippen LogP contribution >= 0.6 is 0 Å². The molecule has 1 atom stereocenters. The first-order chi connectivity index (χ1) is 11.4. The van der Waals surface area contributed by atoms with Crippen LogP contribution in [-0.2, 0) is 9.84 Å². The van der Waals surface area contributed by atoms with Crippen LogP contribution in [0, 0.1) is 6.92 Å². The summed E-state index contributed by atoms with van der Waals surface area (Å²) in [6, 6.07) is 5.84. The van der Waals surface area contributed by atoms with Crippen molar-refractivity contribution in [3.8, 4) is 0 Å². The molecule has 0 saturated carbocycles. The van der Waals surface area contributed by atoms with Gasteiger partial charge in [-0.3, -0.25) is 9.88 Å². The lowest BCUT2D eigenvalue weighted by molar-refractivity contribution is 0.218. The number of anilines is 1. The molecule has 1 aliphatic rings. The highest BCUT2D eigenvalue weighted by Crippen LogP contribution is 2.17. The third-order valence-electron chi connectivity index (χ3n) is 4.32. The van der Waals surface area contributed by atoms with Crippen LogP contribution in [0.1, 0.15) is 5.69 Å². The van der Waals surface area contributed by atoms with Gasteiger partial charge in [-0.2, -0.15) is 0 Å². The smallest absolute Gasteiger partial charge is 0.164 e. The molecular weight excluding hydrogens is 326 g/mol. The van der Waals surface area contributed by atoms with Gasteiger partial charge in [0.1, 0.15) is 11.2 Å². The number of pyridine rings is 2. The quantitative estimate of drug-likeness (QED) is 0.818. The molecule has 2 aromatic heterocycles. The van der Waals surface area contributed by atoms with Gasteiger partial charge in [0, 0.05) is 56.3 Å². The second kappa shape index (κ2) is 7.00. The molecule has 0 radical (unpaired) electrons. The van der Waals surface area contributed by atoms with Crippen molar-refractivity contribution in [1.29, 1.82) is 0 Å². The molecule has 0 bridgehead atoms. The second-order valence-electron chi connectivity index (χ2n) is 6.11. The topological polar surface area (TPSA) is 87.2 Å². The summed E-state index contributed by atoms with van der Waals surface area (Å²) < 4.78 is 23.8. The summed E-state index contributed by atoms with van der Waals surface area (Å²) in [6.07, 6.45) is 3.05. The number of aromatic nitrogens is 2. The van der Waals surface area contributed by atoms with Crippen molar-refractivity contribution in [2.75, 3.05) is 44.3 Å². The molecule has 7 nitrogen and oxygen atoms in total. The summed E-state index contributed by atoms with van der Waals surface area (Å²) in [5, 5.41) is 7.02. The highest BCUT2D eigenvalue weighted by atomic mass is 32.2. The van der Waals surface area contributed by atoms with Crippen molar-refractivity contribution < 1.29 is 8.42 Å². The minimum atomic E-state index is -3.09. The normalized spacial score (nSPS) is 19.5. The van der Waals surface area contributed by atoms with E-state index in [-0.39, 0.29) is 0 Å². The van der Waals surface area contributed by atoms with Gasteiger partial charge in [-0.15, -0.1) is 0 Å². The molecule has 0 spiro atoms. The SMILES string of the molecule is Cc1nccc2nc(NCCN3CCNCC3S(C)(=O)=O)ccc12. The molecule has 0 aliphatic carbocycles.